The van der Waals surface area contributed by atoms with E-state index in [-0.39, 0.29) is 24.0 Å². The second-order valence-corrected chi connectivity index (χ2v) is 5.72. The molecular formula is C16H21N5O. The number of rotatable bonds is 4. The third kappa shape index (κ3) is 3.18. The zero-order valence-corrected chi connectivity index (χ0v) is 12.8. The van der Waals surface area contributed by atoms with Gasteiger partial charge < -0.3 is 5.32 Å². The van der Waals surface area contributed by atoms with E-state index in [0.29, 0.717) is 6.42 Å². The Bertz CT molecular complexity index is 639. The molecule has 2 aromatic rings. The van der Waals surface area contributed by atoms with Gasteiger partial charge >= 0.3 is 0 Å². The molecule has 3 atom stereocenters. The highest BCUT2D eigenvalue weighted by molar-refractivity contribution is 5.82. The Morgan fingerprint density at radius 1 is 1.36 bits per heavy atom. The Kier molecular flexibility index (Phi) is 4.22. The Balaban J connectivity index is 1.57. The fraction of sp³-hybridized carbons (Fsp3) is 0.375. The highest BCUT2D eigenvalue weighted by atomic mass is 16.2. The topological polar surface area (TPSA) is 71.0 Å². The van der Waals surface area contributed by atoms with Crippen molar-refractivity contribution in [1.29, 1.82) is 0 Å². The van der Waals surface area contributed by atoms with Crippen molar-refractivity contribution in [2.24, 2.45) is 7.05 Å². The van der Waals surface area contributed by atoms with Crippen molar-refractivity contribution in [3.05, 3.63) is 53.9 Å². The molecule has 6 nitrogen and oxygen atoms in total. The summed E-state index contributed by atoms with van der Waals surface area (Å²) < 4.78 is 1.77. The van der Waals surface area contributed by atoms with Gasteiger partial charge in [-0.05, 0) is 18.9 Å². The molecule has 116 valence electrons. The first-order chi connectivity index (χ1) is 10.6. The number of carbonyl (C=O) groups excluding carboxylic acids is 1. The second-order valence-electron chi connectivity index (χ2n) is 5.72. The highest BCUT2D eigenvalue weighted by Crippen LogP contribution is 2.22. The van der Waals surface area contributed by atoms with Gasteiger partial charge in [0, 0.05) is 18.8 Å². The lowest BCUT2D eigenvalue weighted by Gasteiger charge is -2.17. The molecule has 3 rings (SSSR count). The molecule has 6 heteroatoms. The number of nitrogens with one attached hydrogen (secondary N) is 3. The summed E-state index contributed by atoms with van der Waals surface area (Å²) in [5.74, 6) is 0.00948. The van der Waals surface area contributed by atoms with Crippen LogP contribution in [0.1, 0.15) is 36.6 Å². The number of hydrazine groups is 1. The minimum atomic E-state index is -0.239. The summed E-state index contributed by atoms with van der Waals surface area (Å²) in [6.45, 7) is 1.99. The van der Waals surface area contributed by atoms with Gasteiger partial charge in [0.2, 0.25) is 5.91 Å². The Morgan fingerprint density at radius 2 is 2.14 bits per heavy atom. The van der Waals surface area contributed by atoms with Crippen LogP contribution in [0.3, 0.4) is 0 Å². The Morgan fingerprint density at radius 3 is 2.82 bits per heavy atom. The van der Waals surface area contributed by atoms with E-state index in [2.05, 4.69) is 21.3 Å². The average Bonchev–Trinajstić information content (AvgIpc) is 3.16. The number of hydrogen-bond donors (Lipinski definition) is 3. The molecule has 3 N–H and O–H groups in total. The molecule has 1 fully saturated rings. The summed E-state index contributed by atoms with van der Waals surface area (Å²) in [4.78, 5) is 12.4. The molecule has 3 unspecified atom stereocenters. The van der Waals surface area contributed by atoms with Crippen LogP contribution in [0, 0.1) is 0 Å². The number of nitrogens with zero attached hydrogens (tertiary/aromatic N) is 2. The van der Waals surface area contributed by atoms with Crippen LogP contribution in [0.15, 0.2) is 42.7 Å². The third-order valence-electron chi connectivity index (χ3n) is 4.01. The summed E-state index contributed by atoms with van der Waals surface area (Å²) in [6, 6.07) is 9.82. The lowest BCUT2D eigenvalue weighted by atomic mass is 10.0. The van der Waals surface area contributed by atoms with E-state index in [4.69, 9.17) is 0 Å². The predicted octanol–water partition coefficient (Wildman–Crippen LogP) is 1.21. The van der Waals surface area contributed by atoms with Crippen molar-refractivity contribution in [3.8, 4) is 0 Å². The summed E-state index contributed by atoms with van der Waals surface area (Å²) in [5.41, 5.74) is 8.43. The quantitative estimate of drug-likeness (QED) is 0.793. The van der Waals surface area contributed by atoms with Gasteiger partial charge in [0.05, 0.1) is 18.3 Å². The molecule has 0 saturated carbocycles. The number of amides is 1. The maximum Gasteiger partial charge on any atom is 0.239 e. The standard InChI is InChI=1S/C16H21N5O/c1-11(12-6-4-3-5-7-12)18-16(22)15-8-14(19-20-15)13-9-17-21(2)10-13/h3-7,9-11,14-15,19-20H,8H2,1-2H3,(H,18,22). The molecule has 1 amide bonds. The molecule has 1 aliphatic heterocycles. The van der Waals surface area contributed by atoms with Crippen molar-refractivity contribution in [2.45, 2.75) is 31.5 Å². The molecule has 0 radical (unpaired) electrons. The summed E-state index contributed by atoms with van der Waals surface area (Å²) in [5, 5.41) is 7.22. The second kappa shape index (κ2) is 6.29. The SMILES string of the molecule is CC(NC(=O)C1CC(c2cnn(C)c2)NN1)c1ccccc1. The van der Waals surface area contributed by atoms with Crippen LogP contribution in [-0.4, -0.2) is 21.7 Å². The molecule has 0 spiro atoms. The summed E-state index contributed by atoms with van der Waals surface area (Å²) in [6.07, 6.45) is 4.50. The zero-order valence-electron chi connectivity index (χ0n) is 12.8. The van der Waals surface area contributed by atoms with Gasteiger partial charge in [-0.15, -0.1) is 0 Å². The molecule has 2 heterocycles. The minimum absolute atomic E-state index is 0.00654. The molecule has 1 aliphatic rings. The smallest absolute Gasteiger partial charge is 0.239 e. The lowest BCUT2D eigenvalue weighted by Crippen LogP contribution is -2.43. The predicted molar refractivity (Wildman–Crippen MR) is 83.6 cm³/mol. The highest BCUT2D eigenvalue weighted by Gasteiger charge is 2.31. The summed E-state index contributed by atoms with van der Waals surface area (Å²) in [7, 11) is 1.89. The number of aryl methyl sites for hydroxylation is 1. The van der Waals surface area contributed by atoms with E-state index < -0.39 is 0 Å². The molecule has 1 aromatic carbocycles. The summed E-state index contributed by atoms with van der Waals surface area (Å²) >= 11 is 0. The molecule has 0 bridgehead atoms. The van der Waals surface area contributed by atoms with Crippen molar-refractivity contribution in [2.75, 3.05) is 0 Å². The maximum atomic E-state index is 12.4. The largest absolute Gasteiger partial charge is 0.348 e. The molecule has 1 aromatic heterocycles. The Labute approximate surface area is 129 Å². The molecule has 22 heavy (non-hydrogen) atoms. The van der Waals surface area contributed by atoms with Crippen LogP contribution < -0.4 is 16.2 Å². The third-order valence-corrected chi connectivity index (χ3v) is 4.01. The first-order valence-electron chi connectivity index (χ1n) is 7.48. The number of hydrogen-bond acceptors (Lipinski definition) is 4. The molecule has 0 aliphatic carbocycles. The van der Waals surface area contributed by atoms with Gasteiger partial charge in [-0.1, -0.05) is 30.3 Å². The monoisotopic (exact) mass is 299 g/mol. The van der Waals surface area contributed by atoms with Crippen molar-refractivity contribution >= 4 is 5.91 Å². The molecular weight excluding hydrogens is 278 g/mol. The van der Waals surface area contributed by atoms with Gasteiger partial charge in [0.25, 0.3) is 0 Å². The van der Waals surface area contributed by atoms with E-state index in [1.807, 2.05) is 56.7 Å². The van der Waals surface area contributed by atoms with E-state index >= 15 is 0 Å². The van der Waals surface area contributed by atoms with E-state index in [1.54, 1.807) is 4.68 Å². The number of aromatic nitrogens is 2. The average molecular weight is 299 g/mol. The fourth-order valence-corrected chi connectivity index (χ4v) is 2.71. The van der Waals surface area contributed by atoms with Crippen molar-refractivity contribution in [1.82, 2.24) is 25.9 Å². The van der Waals surface area contributed by atoms with E-state index in [0.717, 1.165) is 11.1 Å². The first kappa shape index (κ1) is 14.7. The molecule has 1 saturated heterocycles. The van der Waals surface area contributed by atoms with Crippen LogP contribution >= 0.6 is 0 Å². The lowest BCUT2D eigenvalue weighted by molar-refractivity contribution is -0.123. The van der Waals surface area contributed by atoms with Crippen LogP contribution in [0.25, 0.3) is 0 Å². The van der Waals surface area contributed by atoms with Crippen LogP contribution in [0.4, 0.5) is 0 Å². The van der Waals surface area contributed by atoms with E-state index in [1.165, 1.54) is 0 Å². The Hall–Kier alpha value is -2.18. The zero-order chi connectivity index (χ0) is 15.5. The van der Waals surface area contributed by atoms with E-state index in [9.17, 15) is 4.79 Å². The van der Waals surface area contributed by atoms with Crippen molar-refractivity contribution in [3.63, 3.8) is 0 Å². The normalized spacial score (nSPS) is 22.5. The van der Waals surface area contributed by atoms with Gasteiger partial charge in [0.15, 0.2) is 0 Å². The fourth-order valence-electron chi connectivity index (χ4n) is 2.71. The van der Waals surface area contributed by atoms with Gasteiger partial charge in [0.1, 0.15) is 6.04 Å². The van der Waals surface area contributed by atoms with Crippen LogP contribution in [-0.2, 0) is 11.8 Å². The minimum Gasteiger partial charge on any atom is -0.348 e. The number of carbonyl (C=O) groups is 1. The van der Waals surface area contributed by atoms with Gasteiger partial charge in [-0.25, -0.2) is 10.9 Å². The number of benzene rings is 1. The first-order valence-corrected chi connectivity index (χ1v) is 7.48. The van der Waals surface area contributed by atoms with Crippen LogP contribution in [0.5, 0.6) is 0 Å². The maximum absolute atomic E-state index is 12.4. The van der Waals surface area contributed by atoms with Gasteiger partial charge in [-0.2, -0.15) is 5.10 Å². The van der Waals surface area contributed by atoms with Crippen LogP contribution in [0.2, 0.25) is 0 Å². The van der Waals surface area contributed by atoms with Crippen molar-refractivity contribution < 1.29 is 4.79 Å². The van der Waals surface area contributed by atoms with Gasteiger partial charge in [-0.3, -0.25) is 9.48 Å².